The van der Waals surface area contributed by atoms with Crippen molar-refractivity contribution in [3.63, 3.8) is 0 Å². The van der Waals surface area contributed by atoms with E-state index in [4.69, 9.17) is 0 Å². The van der Waals surface area contributed by atoms with E-state index in [1.807, 2.05) is 36.0 Å². The third-order valence-corrected chi connectivity index (χ3v) is 2.23. The van der Waals surface area contributed by atoms with Crippen molar-refractivity contribution in [2.45, 2.75) is 19.8 Å². The Kier molecular flexibility index (Phi) is 4.79. The van der Waals surface area contributed by atoms with Crippen molar-refractivity contribution in [1.29, 1.82) is 0 Å². The maximum Gasteiger partial charge on any atom is 1.00 e. The molecule has 3 nitrogen and oxygen atoms in total. The second-order valence-corrected chi connectivity index (χ2v) is 3.50. The zero-order valence-electron chi connectivity index (χ0n) is 10.1. The molecular formula is C12H14LiN3. The van der Waals surface area contributed by atoms with Crippen molar-refractivity contribution in [3.8, 4) is 11.4 Å². The molecule has 0 radical (unpaired) electrons. The third-order valence-electron chi connectivity index (χ3n) is 2.23. The summed E-state index contributed by atoms with van der Waals surface area (Å²) in [6, 6.07) is 11.0. The van der Waals surface area contributed by atoms with Crippen LogP contribution in [0.1, 0.15) is 19.2 Å². The molecule has 0 saturated heterocycles. The third kappa shape index (κ3) is 2.75. The smallest absolute Gasteiger partial charge is 0.289 e. The van der Waals surface area contributed by atoms with Crippen LogP contribution in [-0.4, -0.2) is 14.8 Å². The Morgan fingerprint density at radius 2 is 2.19 bits per heavy atom. The number of aryl methyl sites for hydroxylation is 2. The van der Waals surface area contributed by atoms with Gasteiger partial charge in [-0.15, -0.1) is 35.9 Å². The summed E-state index contributed by atoms with van der Waals surface area (Å²) in [5, 5.41) is 4.36. The molecule has 1 aromatic carbocycles. The molecule has 78 valence electrons. The first-order valence-electron chi connectivity index (χ1n) is 5.18. The molecule has 4 heteroatoms. The van der Waals surface area contributed by atoms with Gasteiger partial charge in [0.15, 0.2) is 0 Å². The molecule has 0 aliphatic rings. The number of nitrogens with zero attached hydrogens (tertiary/aromatic N) is 3. The van der Waals surface area contributed by atoms with Crippen molar-refractivity contribution in [2.24, 2.45) is 7.05 Å². The Morgan fingerprint density at radius 3 is 2.81 bits per heavy atom. The molecule has 0 saturated carbocycles. The molecule has 2 rings (SSSR count). The van der Waals surface area contributed by atoms with E-state index < -0.39 is 0 Å². The Hall–Kier alpha value is -1.04. The van der Waals surface area contributed by atoms with E-state index in [0.717, 1.165) is 30.1 Å². The number of hydrogen-bond acceptors (Lipinski definition) is 2. The molecule has 2 aromatic rings. The summed E-state index contributed by atoms with van der Waals surface area (Å²) in [6.45, 7) is 2.13. The van der Waals surface area contributed by atoms with Crippen LogP contribution in [-0.2, 0) is 13.5 Å². The van der Waals surface area contributed by atoms with Crippen LogP contribution in [0.5, 0.6) is 0 Å². The van der Waals surface area contributed by atoms with Crippen LogP contribution < -0.4 is 18.9 Å². The molecule has 16 heavy (non-hydrogen) atoms. The second-order valence-electron chi connectivity index (χ2n) is 3.50. The van der Waals surface area contributed by atoms with Gasteiger partial charge in [0.25, 0.3) is 0 Å². The van der Waals surface area contributed by atoms with E-state index in [-0.39, 0.29) is 18.9 Å². The molecule has 0 unspecified atom stereocenters. The van der Waals surface area contributed by atoms with Gasteiger partial charge in [-0.05, 0) is 6.42 Å². The molecule has 0 fully saturated rings. The van der Waals surface area contributed by atoms with Crippen LogP contribution in [0.3, 0.4) is 0 Å². The maximum absolute atomic E-state index is 4.49. The molecule has 0 spiro atoms. The van der Waals surface area contributed by atoms with Crippen LogP contribution in [0.15, 0.2) is 24.3 Å². The van der Waals surface area contributed by atoms with Gasteiger partial charge in [-0.3, -0.25) is 9.67 Å². The number of rotatable bonds is 3. The Balaban J connectivity index is 0.00000128. The first kappa shape index (κ1) is 13.0. The van der Waals surface area contributed by atoms with E-state index in [2.05, 4.69) is 23.1 Å². The van der Waals surface area contributed by atoms with Crippen LogP contribution >= 0.6 is 0 Å². The molecule has 0 atom stereocenters. The molecule has 0 N–H and O–H groups in total. The van der Waals surface area contributed by atoms with E-state index in [9.17, 15) is 0 Å². The predicted molar refractivity (Wildman–Crippen MR) is 59.3 cm³/mol. The molecular weight excluding hydrogens is 193 g/mol. The van der Waals surface area contributed by atoms with Gasteiger partial charge in [0, 0.05) is 13.5 Å². The minimum absolute atomic E-state index is 0. The SMILES string of the molecule is CCCc1nc(-c2[c-]cccc2)n(C)n1.[Li+]. The van der Waals surface area contributed by atoms with Crippen molar-refractivity contribution >= 4 is 0 Å². The summed E-state index contributed by atoms with van der Waals surface area (Å²) in [4.78, 5) is 4.49. The number of hydrogen-bond donors (Lipinski definition) is 0. The molecule has 1 aromatic heterocycles. The van der Waals surface area contributed by atoms with Gasteiger partial charge in [-0.25, -0.2) is 0 Å². The van der Waals surface area contributed by atoms with Crippen molar-refractivity contribution < 1.29 is 18.9 Å². The first-order chi connectivity index (χ1) is 7.31. The summed E-state index contributed by atoms with van der Waals surface area (Å²) in [6.07, 6.45) is 2.00. The Morgan fingerprint density at radius 1 is 1.38 bits per heavy atom. The van der Waals surface area contributed by atoms with Crippen molar-refractivity contribution in [1.82, 2.24) is 14.8 Å². The molecule has 0 bridgehead atoms. The minimum Gasteiger partial charge on any atom is -0.289 e. The monoisotopic (exact) mass is 207 g/mol. The van der Waals surface area contributed by atoms with E-state index in [1.54, 1.807) is 0 Å². The topological polar surface area (TPSA) is 30.7 Å². The molecule has 0 aliphatic heterocycles. The number of benzene rings is 1. The largest absolute Gasteiger partial charge is 1.00 e. The summed E-state index contributed by atoms with van der Waals surface area (Å²) in [7, 11) is 1.92. The molecule has 0 amide bonds. The average molecular weight is 207 g/mol. The standard InChI is InChI=1S/C12H14N3.Li/c1-3-7-11-13-12(15(2)14-11)10-8-5-4-6-9-10;/h4-6,8H,3,7H2,1-2H3;/q-1;+1. The summed E-state index contributed by atoms with van der Waals surface area (Å²) in [5.74, 6) is 1.80. The zero-order chi connectivity index (χ0) is 10.7. The van der Waals surface area contributed by atoms with E-state index in [0.29, 0.717) is 0 Å². The second kappa shape index (κ2) is 5.88. The van der Waals surface area contributed by atoms with Crippen LogP contribution in [0.2, 0.25) is 0 Å². The van der Waals surface area contributed by atoms with Gasteiger partial charge < -0.3 is 0 Å². The summed E-state index contributed by atoms with van der Waals surface area (Å²) < 4.78 is 1.82. The van der Waals surface area contributed by atoms with Crippen LogP contribution in [0.25, 0.3) is 11.4 Å². The van der Waals surface area contributed by atoms with Crippen LogP contribution in [0, 0.1) is 6.07 Å². The average Bonchev–Trinajstić information content (AvgIpc) is 2.61. The van der Waals surface area contributed by atoms with E-state index >= 15 is 0 Å². The minimum atomic E-state index is 0. The zero-order valence-corrected chi connectivity index (χ0v) is 10.1. The van der Waals surface area contributed by atoms with Gasteiger partial charge in [0.2, 0.25) is 0 Å². The number of aromatic nitrogens is 3. The predicted octanol–water partition coefficient (Wildman–Crippen LogP) is -0.761. The summed E-state index contributed by atoms with van der Waals surface area (Å²) >= 11 is 0. The molecule has 1 heterocycles. The maximum atomic E-state index is 4.49. The van der Waals surface area contributed by atoms with Gasteiger partial charge in [-0.2, -0.15) is 5.10 Å². The fourth-order valence-electron chi connectivity index (χ4n) is 1.53. The Labute approximate surface area is 108 Å². The van der Waals surface area contributed by atoms with E-state index in [1.165, 1.54) is 0 Å². The van der Waals surface area contributed by atoms with Crippen LogP contribution in [0.4, 0.5) is 0 Å². The first-order valence-corrected chi connectivity index (χ1v) is 5.18. The van der Waals surface area contributed by atoms with Gasteiger partial charge in [0.05, 0.1) is 5.82 Å². The normalized spacial score (nSPS) is 9.88. The fraction of sp³-hybridized carbons (Fsp3) is 0.333. The summed E-state index contributed by atoms with van der Waals surface area (Å²) in [5.41, 5.74) is 0.995. The van der Waals surface area contributed by atoms with Gasteiger partial charge in [-0.1, -0.05) is 6.92 Å². The molecule has 0 aliphatic carbocycles. The van der Waals surface area contributed by atoms with Gasteiger partial charge >= 0.3 is 18.9 Å². The van der Waals surface area contributed by atoms with Crippen molar-refractivity contribution in [2.75, 3.05) is 0 Å². The fourth-order valence-corrected chi connectivity index (χ4v) is 1.53. The Bertz CT molecular complexity index is 437. The quantitative estimate of drug-likeness (QED) is 0.489. The van der Waals surface area contributed by atoms with Gasteiger partial charge in [0.1, 0.15) is 5.82 Å². The van der Waals surface area contributed by atoms with Crippen molar-refractivity contribution in [3.05, 3.63) is 36.2 Å².